The van der Waals surface area contributed by atoms with Gasteiger partial charge in [-0.25, -0.2) is 9.47 Å². The van der Waals surface area contributed by atoms with Gasteiger partial charge >= 0.3 is 5.95 Å². The Balaban J connectivity index is 0.00000156. The summed E-state index contributed by atoms with van der Waals surface area (Å²) in [4.78, 5) is 7.80. The molecular weight excluding hydrogens is 374 g/mol. The number of fused-ring (bicyclic) bond motifs is 1. The fourth-order valence-corrected chi connectivity index (χ4v) is 4.82. The van der Waals surface area contributed by atoms with E-state index < -0.39 is 5.72 Å². The summed E-state index contributed by atoms with van der Waals surface area (Å²) in [7, 11) is 0. The quantitative estimate of drug-likeness (QED) is 0.712. The summed E-state index contributed by atoms with van der Waals surface area (Å²) in [6.45, 7) is 2.65. The standard InChI is InChI=1S/C17H22N3OS.BrH/c1-13-10-15(22-11-13)17(21)12-19-9-5-8-18-16(19)20(17)14-6-3-2-4-7-14;/h5,8-11,14,21H,2-4,6-7,12H2,1H3;1H/q+1;/p-1. The molecule has 0 spiro atoms. The summed E-state index contributed by atoms with van der Waals surface area (Å²) in [5, 5.41) is 13.7. The van der Waals surface area contributed by atoms with Crippen LogP contribution in [0.15, 0.2) is 29.9 Å². The minimum absolute atomic E-state index is 0. The number of aryl methyl sites for hydroxylation is 1. The fourth-order valence-electron chi connectivity index (χ4n) is 3.84. The maximum Gasteiger partial charge on any atom is 0.397 e. The number of rotatable bonds is 2. The zero-order chi connectivity index (χ0) is 15.2. The van der Waals surface area contributed by atoms with E-state index in [-0.39, 0.29) is 17.0 Å². The molecule has 1 aliphatic carbocycles. The Morgan fingerprint density at radius 1 is 1.35 bits per heavy atom. The minimum atomic E-state index is -0.956. The van der Waals surface area contributed by atoms with E-state index in [0.29, 0.717) is 12.6 Å². The van der Waals surface area contributed by atoms with Crippen LogP contribution in [0, 0.1) is 6.92 Å². The van der Waals surface area contributed by atoms with Crippen LogP contribution in [0.25, 0.3) is 0 Å². The Morgan fingerprint density at radius 3 is 2.83 bits per heavy atom. The van der Waals surface area contributed by atoms with Crippen LogP contribution in [0.4, 0.5) is 5.95 Å². The molecule has 3 heterocycles. The highest BCUT2D eigenvalue weighted by molar-refractivity contribution is 7.10. The normalized spacial score (nSPS) is 24.3. The molecule has 6 heteroatoms. The van der Waals surface area contributed by atoms with Crippen molar-refractivity contribution in [1.82, 2.24) is 4.98 Å². The number of thiophene rings is 1. The molecule has 0 bridgehead atoms. The first-order valence-corrected chi connectivity index (χ1v) is 8.98. The number of hydrogen-bond donors (Lipinski definition) is 1. The van der Waals surface area contributed by atoms with Crippen molar-refractivity contribution in [3.63, 3.8) is 0 Å². The molecule has 1 saturated carbocycles. The predicted molar refractivity (Wildman–Crippen MR) is 86.7 cm³/mol. The van der Waals surface area contributed by atoms with Gasteiger partial charge in [0.05, 0.1) is 17.1 Å². The molecule has 4 nitrogen and oxygen atoms in total. The largest absolute Gasteiger partial charge is 1.00 e. The first kappa shape index (κ1) is 16.9. The lowest BCUT2D eigenvalue weighted by atomic mass is 9.92. The number of aliphatic hydroxyl groups is 1. The van der Waals surface area contributed by atoms with Gasteiger partial charge in [-0.3, -0.25) is 0 Å². The van der Waals surface area contributed by atoms with Crippen LogP contribution in [0.3, 0.4) is 0 Å². The Labute approximate surface area is 151 Å². The summed E-state index contributed by atoms with van der Waals surface area (Å²) >= 11 is 1.65. The van der Waals surface area contributed by atoms with Crippen LogP contribution < -0.4 is 26.4 Å². The van der Waals surface area contributed by atoms with Crippen LogP contribution in [-0.4, -0.2) is 16.1 Å². The number of nitrogens with zero attached hydrogens (tertiary/aromatic N) is 3. The van der Waals surface area contributed by atoms with Crippen molar-refractivity contribution in [3.8, 4) is 0 Å². The lowest BCUT2D eigenvalue weighted by Gasteiger charge is -2.35. The first-order valence-electron chi connectivity index (χ1n) is 8.10. The van der Waals surface area contributed by atoms with Gasteiger partial charge in [-0.2, -0.15) is 0 Å². The van der Waals surface area contributed by atoms with Gasteiger partial charge in [-0.05, 0) is 36.8 Å². The molecule has 124 valence electrons. The Hall–Kier alpha value is -0.980. The lowest BCUT2D eigenvalue weighted by molar-refractivity contribution is -0.685. The maximum atomic E-state index is 11.6. The third kappa shape index (κ3) is 2.81. The highest BCUT2D eigenvalue weighted by Crippen LogP contribution is 2.41. The van der Waals surface area contributed by atoms with E-state index in [4.69, 9.17) is 0 Å². The summed E-state index contributed by atoms with van der Waals surface area (Å²) in [6, 6.07) is 4.44. The SMILES string of the molecule is Cc1csc(C2(O)C[n+]3cccnc3N2C2CCCCC2)c1.[Br-]. The predicted octanol–water partition coefficient (Wildman–Crippen LogP) is -0.259. The Kier molecular flexibility index (Phi) is 4.76. The van der Waals surface area contributed by atoms with Crippen LogP contribution >= 0.6 is 11.3 Å². The highest BCUT2D eigenvalue weighted by atomic mass is 79.9. The van der Waals surface area contributed by atoms with Gasteiger partial charge in [-0.1, -0.05) is 24.2 Å². The van der Waals surface area contributed by atoms with E-state index in [9.17, 15) is 5.11 Å². The molecular formula is C17H22BrN3OS. The number of hydrogen-bond acceptors (Lipinski definition) is 4. The van der Waals surface area contributed by atoms with Crippen molar-refractivity contribution in [3.05, 3.63) is 40.3 Å². The van der Waals surface area contributed by atoms with Gasteiger partial charge < -0.3 is 22.1 Å². The Bertz CT molecular complexity index is 686. The summed E-state index contributed by atoms with van der Waals surface area (Å²) < 4.78 is 2.09. The zero-order valence-corrected chi connectivity index (χ0v) is 15.7. The second kappa shape index (κ2) is 6.49. The van der Waals surface area contributed by atoms with Crippen molar-refractivity contribution in [2.75, 3.05) is 4.90 Å². The third-order valence-electron chi connectivity index (χ3n) is 4.87. The number of aromatic nitrogens is 2. The van der Waals surface area contributed by atoms with Gasteiger partial charge in [0.25, 0.3) is 5.72 Å². The van der Waals surface area contributed by atoms with Gasteiger partial charge in [-0.15, -0.1) is 11.3 Å². The molecule has 4 rings (SSSR count). The number of anilines is 1. The molecule has 0 saturated heterocycles. The van der Waals surface area contributed by atoms with Crippen LogP contribution in [-0.2, 0) is 12.3 Å². The van der Waals surface area contributed by atoms with E-state index in [1.54, 1.807) is 11.3 Å². The smallest absolute Gasteiger partial charge is 0.397 e. The fraction of sp³-hybridized carbons (Fsp3) is 0.529. The average Bonchev–Trinajstić information content (AvgIpc) is 3.09. The van der Waals surface area contributed by atoms with E-state index in [1.165, 1.54) is 24.8 Å². The zero-order valence-electron chi connectivity index (χ0n) is 13.3. The van der Waals surface area contributed by atoms with Gasteiger partial charge in [0.2, 0.25) is 0 Å². The molecule has 0 radical (unpaired) electrons. The molecule has 23 heavy (non-hydrogen) atoms. The maximum absolute atomic E-state index is 11.6. The monoisotopic (exact) mass is 395 g/mol. The summed E-state index contributed by atoms with van der Waals surface area (Å²) in [6.07, 6.45) is 9.93. The van der Waals surface area contributed by atoms with Crippen LogP contribution in [0.1, 0.15) is 42.5 Å². The molecule has 1 N–H and O–H groups in total. The highest BCUT2D eigenvalue weighted by Gasteiger charge is 2.55. The van der Waals surface area contributed by atoms with Gasteiger partial charge in [0.15, 0.2) is 0 Å². The van der Waals surface area contributed by atoms with E-state index in [0.717, 1.165) is 23.7 Å². The van der Waals surface area contributed by atoms with E-state index in [1.807, 2.05) is 18.5 Å². The molecule has 2 aromatic rings. The van der Waals surface area contributed by atoms with Gasteiger partial charge in [0.1, 0.15) is 12.7 Å². The second-order valence-corrected chi connectivity index (χ2v) is 7.43. The van der Waals surface area contributed by atoms with Crippen molar-refractivity contribution >= 4 is 17.3 Å². The molecule has 0 aromatic carbocycles. The lowest BCUT2D eigenvalue weighted by Crippen LogP contribution is -3.00. The van der Waals surface area contributed by atoms with Gasteiger partial charge in [0, 0.05) is 6.07 Å². The topological polar surface area (TPSA) is 40.2 Å². The molecule has 1 atom stereocenters. The third-order valence-corrected chi connectivity index (χ3v) is 6.06. The van der Waals surface area contributed by atoms with Crippen molar-refractivity contribution in [1.29, 1.82) is 0 Å². The van der Waals surface area contributed by atoms with Crippen LogP contribution in [0.2, 0.25) is 0 Å². The molecule has 1 fully saturated rings. The number of halogens is 1. The minimum Gasteiger partial charge on any atom is -1.00 e. The summed E-state index contributed by atoms with van der Waals surface area (Å²) in [5.74, 6) is 0.906. The first-order chi connectivity index (χ1) is 10.7. The molecule has 0 amide bonds. The van der Waals surface area contributed by atoms with Crippen molar-refractivity contribution < 1.29 is 26.7 Å². The second-order valence-electron chi connectivity index (χ2n) is 6.51. The summed E-state index contributed by atoms with van der Waals surface area (Å²) in [5.41, 5.74) is 0.258. The van der Waals surface area contributed by atoms with Crippen molar-refractivity contribution in [2.24, 2.45) is 0 Å². The molecule has 2 aliphatic rings. The molecule has 1 unspecified atom stereocenters. The molecule has 2 aromatic heterocycles. The van der Waals surface area contributed by atoms with Crippen molar-refractivity contribution in [2.45, 2.75) is 57.3 Å². The Morgan fingerprint density at radius 2 is 2.13 bits per heavy atom. The molecule has 1 aliphatic heterocycles. The van der Waals surface area contributed by atoms with Crippen LogP contribution in [0.5, 0.6) is 0 Å². The van der Waals surface area contributed by atoms with E-state index in [2.05, 4.69) is 32.8 Å². The average molecular weight is 396 g/mol. The van der Waals surface area contributed by atoms with E-state index >= 15 is 0 Å².